The zero-order chi connectivity index (χ0) is 9.19. The highest BCUT2D eigenvalue weighted by atomic mass is 79.9. The molecule has 2 nitrogen and oxygen atoms in total. The molecule has 0 aliphatic rings. The molecule has 12 heavy (non-hydrogen) atoms. The summed E-state index contributed by atoms with van der Waals surface area (Å²) in [6, 6.07) is 7.74. The lowest BCUT2D eigenvalue weighted by atomic mass is 10.1. The highest BCUT2D eigenvalue weighted by molar-refractivity contribution is 9.10. The van der Waals surface area contributed by atoms with Gasteiger partial charge in [-0.1, -0.05) is 28.1 Å². The molecule has 3 N–H and O–H groups in total. The first-order valence-electron chi connectivity index (χ1n) is 3.73. The summed E-state index contributed by atoms with van der Waals surface area (Å²) < 4.78 is 1.03. The molecule has 0 bridgehead atoms. The van der Waals surface area contributed by atoms with Crippen LogP contribution in [0.2, 0.25) is 0 Å². The molecule has 0 aliphatic carbocycles. The minimum atomic E-state index is -1.12. The van der Waals surface area contributed by atoms with Crippen LogP contribution >= 0.6 is 15.9 Å². The Balaban J connectivity index is 2.71. The number of hydrogen-bond donors (Lipinski definition) is 2. The summed E-state index contributed by atoms with van der Waals surface area (Å²) >= 11 is 3.33. The molecule has 0 heterocycles. The molecule has 1 aromatic carbocycles. The molecule has 0 spiro atoms. The summed E-state index contributed by atoms with van der Waals surface area (Å²) in [6.07, 6.45) is 0.472. The van der Waals surface area contributed by atoms with Crippen molar-refractivity contribution in [2.45, 2.75) is 19.1 Å². The predicted octanol–water partition coefficient (Wildman–Crippen LogP) is 1.66. The van der Waals surface area contributed by atoms with E-state index in [9.17, 15) is 5.11 Å². The van der Waals surface area contributed by atoms with Gasteiger partial charge < -0.3 is 10.8 Å². The first-order valence-corrected chi connectivity index (χ1v) is 4.52. The van der Waals surface area contributed by atoms with Crippen LogP contribution < -0.4 is 5.73 Å². The van der Waals surface area contributed by atoms with E-state index in [1.165, 1.54) is 0 Å². The molecule has 66 valence electrons. The third-order valence-corrected chi connectivity index (χ3v) is 2.00. The third kappa shape index (κ3) is 3.34. The zero-order valence-corrected chi connectivity index (χ0v) is 8.51. The normalized spacial score (nSPS) is 15.7. The maximum absolute atomic E-state index is 9.31. The summed E-state index contributed by atoms with van der Waals surface area (Å²) in [6.45, 7) is 1.59. The van der Waals surface area contributed by atoms with Crippen molar-refractivity contribution >= 4 is 15.9 Å². The van der Waals surface area contributed by atoms with Crippen LogP contribution in [0, 0.1) is 0 Å². The monoisotopic (exact) mass is 229 g/mol. The highest BCUT2D eigenvalue weighted by Crippen LogP contribution is 2.13. The smallest absolute Gasteiger partial charge is 0.114 e. The van der Waals surface area contributed by atoms with Crippen molar-refractivity contribution in [3.05, 3.63) is 34.3 Å². The molecule has 0 unspecified atom stereocenters. The van der Waals surface area contributed by atoms with Crippen LogP contribution in [0.4, 0.5) is 0 Å². The van der Waals surface area contributed by atoms with Gasteiger partial charge in [0.25, 0.3) is 0 Å². The maximum Gasteiger partial charge on any atom is 0.114 e. The summed E-state index contributed by atoms with van der Waals surface area (Å²) in [7, 11) is 0. The summed E-state index contributed by atoms with van der Waals surface area (Å²) in [5, 5.41) is 9.31. The van der Waals surface area contributed by atoms with E-state index in [4.69, 9.17) is 5.73 Å². The Kier molecular flexibility index (Phi) is 2.88. The minimum Gasteiger partial charge on any atom is -0.376 e. The number of benzene rings is 1. The summed E-state index contributed by atoms with van der Waals surface area (Å²) in [4.78, 5) is 0. The van der Waals surface area contributed by atoms with Gasteiger partial charge in [-0.3, -0.25) is 0 Å². The second-order valence-corrected chi connectivity index (χ2v) is 4.08. The van der Waals surface area contributed by atoms with E-state index in [2.05, 4.69) is 15.9 Å². The van der Waals surface area contributed by atoms with E-state index >= 15 is 0 Å². The Morgan fingerprint density at radius 3 is 2.33 bits per heavy atom. The second-order valence-electron chi connectivity index (χ2n) is 3.16. The van der Waals surface area contributed by atoms with E-state index in [-0.39, 0.29) is 0 Å². The van der Waals surface area contributed by atoms with Crippen molar-refractivity contribution in [1.82, 2.24) is 0 Å². The van der Waals surface area contributed by atoms with Gasteiger partial charge in [0.2, 0.25) is 0 Å². The van der Waals surface area contributed by atoms with Crippen molar-refractivity contribution in [3.63, 3.8) is 0 Å². The van der Waals surface area contributed by atoms with Gasteiger partial charge in [-0.15, -0.1) is 0 Å². The quantitative estimate of drug-likeness (QED) is 0.759. The molecule has 0 saturated heterocycles. The van der Waals surface area contributed by atoms with Gasteiger partial charge in [0.15, 0.2) is 0 Å². The van der Waals surface area contributed by atoms with E-state index in [0.717, 1.165) is 10.0 Å². The first kappa shape index (κ1) is 9.71. The maximum atomic E-state index is 9.31. The second kappa shape index (κ2) is 3.56. The lowest BCUT2D eigenvalue weighted by molar-refractivity contribution is 0.0677. The summed E-state index contributed by atoms with van der Waals surface area (Å²) in [5.41, 5.74) is 5.37. The molecule has 0 aromatic heterocycles. The topological polar surface area (TPSA) is 46.2 Å². The SMILES string of the molecule is C[C@](N)(O)Cc1ccc(Br)cc1. The fourth-order valence-corrected chi connectivity index (χ4v) is 1.28. The number of aliphatic hydroxyl groups is 1. The summed E-state index contributed by atoms with van der Waals surface area (Å²) in [5.74, 6) is 0. The molecule has 3 heteroatoms. The van der Waals surface area contributed by atoms with Gasteiger partial charge >= 0.3 is 0 Å². The van der Waals surface area contributed by atoms with E-state index in [0.29, 0.717) is 6.42 Å². The largest absolute Gasteiger partial charge is 0.376 e. The van der Waals surface area contributed by atoms with Gasteiger partial charge in [0.05, 0.1) is 0 Å². The third-order valence-electron chi connectivity index (χ3n) is 1.48. The van der Waals surface area contributed by atoms with Crippen LogP contribution in [0.25, 0.3) is 0 Å². The lowest BCUT2D eigenvalue weighted by Gasteiger charge is -2.16. The van der Waals surface area contributed by atoms with Crippen LogP contribution in [-0.2, 0) is 6.42 Å². The zero-order valence-electron chi connectivity index (χ0n) is 6.92. The Hall–Kier alpha value is -0.380. The number of halogens is 1. The molecule has 1 rings (SSSR count). The molecule has 0 aliphatic heterocycles. The molecular weight excluding hydrogens is 218 g/mol. The molecule has 0 saturated carbocycles. The molecule has 0 radical (unpaired) electrons. The Bertz CT molecular complexity index is 250. The number of hydrogen-bond acceptors (Lipinski definition) is 2. The highest BCUT2D eigenvalue weighted by Gasteiger charge is 2.13. The van der Waals surface area contributed by atoms with Crippen LogP contribution in [0.5, 0.6) is 0 Å². The minimum absolute atomic E-state index is 0.472. The molecule has 1 atom stereocenters. The van der Waals surface area contributed by atoms with Crippen LogP contribution in [0.3, 0.4) is 0 Å². The molecule has 1 aromatic rings. The van der Waals surface area contributed by atoms with Gasteiger partial charge in [0.1, 0.15) is 5.72 Å². The Morgan fingerprint density at radius 2 is 1.92 bits per heavy atom. The molecular formula is C9H12BrNO. The van der Waals surface area contributed by atoms with Crippen LogP contribution in [-0.4, -0.2) is 10.8 Å². The van der Waals surface area contributed by atoms with Crippen molar-refractivity contribution in [1.29, 1.82) is 0 Å². The van der Waals surface area contributed by atoms with Crippen molar-refractivity contribution in [2.24, 2.45) is 5.73 Å². The fourth-order valence-electron chi connectivity index (χ4n) is 1.02. The average molecular weight is 230 g/mol. The Morgan fingerprint density at radius 1 is 1.42 bits per heavy atom. The number of rotatable bonds is 2. The fraction of sp³-hybridized carbons (Fsp3) is 0.333. The van der Waals surface area contributed by atoms with Crippen LogP contribution in [0.1, 0.15) is 12.5 Å². The Labute approximate surface area is 80.5 Å². The van der Waals surface area contributed by atoms with Crippen molar-refractivity contribution in [3.8, 4) is 0 Å². The van der Waals surface area contributed by atoms with E-state index < -0.39 is 5.72 Å². The number of nitrogens with two attached hydrogens (primary N) is 1. The molecule has 0 fully saturated rings. The van der Waals surface area contributed by atoms with E-state index in [1.54, 1.807) is 6.92 Å². The van der Waals surface area contributed by atoms with Gasteiger partial charge in [-0.2, -0.15) is 0 Å². The standard InChI is InChI=1S/C9H12BrNO/c1-9(11,12)6-7-2-4-8(10)5-3-7/h2-5,12H,6,11H2,1H3/t9-/m0/s1. The predicted molar refractivity (Wildman–Crippen MR) is 52.7 cm³/mol. The van der Waals surface area contributed by atoms with Gasteiger partial charge in [-0.05, 0) is 24.6 Å². The van der Waals surface area contributed by atoms with Crippen molar-refractivity contribution in [2.75, 3.05) is 0 Å². The first-order chi connectivity index (χ1) is 5.47. The van der Waals surface area contributed by atoms with Gasteiger partial charge in [0, 0.05) is 10.9 Å². The lowest BCUT2D eigenvalue weighted by Crippen LogP contribution is -2.37. The average Bonchev–Trinajstić information content (AvgIpc) is 1.91. The van der Waals surface area contributed by atoms with Crippen LogP contribution in [0.15, 0.2) is 28.7 Å². The van der Waals surface area contributed by atoms with Crippen molar-refractivity contribution < 1.29 is 5.11 Å². The van der Waals surface area contributed by atoms with E-state index in [1.807, 2.05) is 24.3 Å². The molecule has 0 amide bonds. The van der Waals surface area contributed by atoms with Gasteiger partial charge in [-0.25, -0.2) is 0 Å².